The zero-order valence-corrected chi connectivity index (χ0v) is 7.68. The second-order valence-electron chi connectivity index (χ2n) is 3.34. The van der Waals surface area contributed by atoms with Crippen molar-refractivity contribution in [2.45, 2.75) is 39.2 Å². The van der Waals surface area contributed by atoms with Gasteiger partial charge in [-0.2, -0.15) is 0 Å². The Morgan fingerprint density at radius 2 is 2.36 bits per heavy atom. The van der Waals surface area contributed by atoms with Gasteiger partial charge in [-0.3, -0.25) is 4.90 Å². The lowest BCUT2D eigenvalue weighted by Gasteiger charge is -2.21. The van der Waals surface area contributed by atoms with Crippen molar-refractivity contribution in [3.05, 3.63) is 0 Å². The third-order valence-electron chi connectivity index (χ3n) is 2.38. The molecule has 0 N–H and O–H groups in total. The molecule has 1 atom stereocenters. The molecule has 0 radical (unpaired) electrons. The van der Waals surface area contributed by atoms with Crippen LogP contribution in [0.4, 0.5) is 0 Å². The largest absolute Gasteiger partial charge is 0.365 e. The quantitative estimate of drug-likeness (QED) is 0.617. The van der Waals surface area contributed by atoms with E-state index in [0.717, 1.165) is 25.9 Å². The van der Waals surface area contributed by atoms with Crippen molar-refractivity contribution in [2.24, 2.45) is 0 Å². The molecule has 0 amide bonds. The van der Waals surface area contributed by atoms with Crippen molar-refractivity contribution in [1.29, 1.82) is 0 Å². The summed E-state index contributed by atoms with van der Waals surface area (Å²) < 4.78 is 5.28. The van der Waals surface area contributed by atoms with Gasteiger partial charge >= 0.3 is 0 Å². The van der Waals surface area contributed by atoms with E-state index in [1.165, 1.54) is 19.3 Å². The Balaban J connectivity index is 2.12. The number of nitrogens with zero attached hydrogens (tertiary/aromatic N) is 1. The van der Waals surface area contributed by atoms with Crippen molar-refractivity contribution in [3.8, 4) is 0 Å². The molecule has 0 spiro atoms. The molecule has 2 nitrogen and oxygen atoms in total. The highest BCUT2D eigenvalue weighted by Crippen LogP contribution is 2.10. The molecule has 1 saturated heterocycles. The van der Waals surface area contributed by atoms with E-state index in [0.29, 0.717) is 0 Å². The molecule has 1 heterocycles. The van der Waals surface area contributed by atoms with Crippen molar-refractivity contribution < 1.29 is 4.74 Å². The first-order valence-corrected chi connectivity index (χ1v) is 4.66. The highest BCUT2D eigenvalue weighted by molar-refractivity contribution is 4.67. The minimum absolute atomic E-state index is 0.720. The Labute approximate surface area is 69.5 Å². The minimum Gasteiger partial charge on any atom is -0.365 e. The predicted molar refractivity (Wildman–Crippen MR) is 46.5 cm³/mol. The molecule has 66 valence electrons. The Morgan fingerprint density at radius 3 is 2.91 bits per heavy atom. The highest BCUT2D eigenvalue weighted by atomic mass is 16.5. The van der Waals surface area contributed by atoms with Crippen LogP contribution < -0.4 is 0 Å². The molecule has 0 aromatic rings. The van der Waals surface area contributed by atoms with Gasteiger partial charge in [-0.25, -0.2) is 0 Å². The summed E-state index contributed by atoms with van der Waals surface area (Å²) >= 11 is 0. The van der Waals surface area contributed by atoms with E-state index in [4.69, 9.17) is 4.74 Å². The Kier molecular flexibility index (Phi) is 3.87. The molecule has 2 heteroatoms. The van der Waals surface area contributed by atoms with Gasteiger partial charge in [0.05, 0.1) is 13.3 Å². The average molecular weight is 157 g/mol. The van der Waals surface area contributed by atoms with E-state index in [9.17, 15) is 0 Å². The van der Waals surface area contributed by atoms with Gasteiger partial charge in [-0.1, -0.05) is 19.8 Å². The highest BCUT2D eigenvalue weighted by Gasteiger charge is 2.17. The van der Waals surface area contributed by atoms with Crippen LogP contribution in [0.5, 0.6) is 0 Å². The Morgan fingerprint density at radius 1 is 1.55 bits per heavy atom. The molecule has 0 aliphatic carbocycles. The van der Waals surface area contributed by atoms with Crippen molar-refractivity contribution in [1.82, 2.24) is 4.90 Å². The lowest BCUT2D eigenvalue weighted by molar-refractivity contribution is 0.115. The van der Waals surface area contributed by atoms with Gasteiger partial charge in [-0.15, -0.1) is 0 Å². The van der Waals surface area contributed by atoms with E-state index in [-0.39, 0.29) is 0 Å². The van der Waals surface area contributed by atoms with Crippen LogP contribution in [0.15, 0.2) is 0 Å². The molecule has 0 aromatic carbocycles. The molecule has 0 aromatic heterocycles. The average Bonchev–Trinajstić information content (AvgIpc) is 2.52. The van der Waals surface area contributed by atoms with Crippen LogP contribution in [0.2, 0.25) is 0 Å². The van der Waals surface area contributed by atoms with Gasteiger partial charge in [0.2, 0.25) is 0 Å². The molecule has 1 rings (SSSR count). The molecular weight excluding hydrogens is 138 g/mol. The maximum Gasteiger partial charge on any atom is 0.0993 e. The van der Waals surface area contributed by atoms with Gasteiger partial charge in [0.15, 0.2) is 0 Å². The molecular formula is C9H19NO. The van der Waals surface area contributed by atoms with Gasteiger partial charge in [-0.05, 0) is 13.3 Å². The predicted octanol–water partition coefficient (Wildman–Crippen LogP) is 1.85. The molecule has 1 fully saturated rings. The first kappa shape index (κ1) is 9.01. The van der Waals surface area contributed by atoms with Crippen LogP contribution in [0.25, 0.3) is 0 Å². The maximum absolute atomic E-state index is 5.28. The van der Waals surface area contributed by atoms with E-state index >= 15 is 0 Å². The summed E-state index contributed by atoms with van der Waals surface area (Å²) in [7, 11) is 0. The van der Waals surface area contributed by atoms with Crippen LogP contribution in [0, 0.1) is 0 Å². The summed E-state index contributed by atoms with van der Waals surface area (Å²) in [5, 5.41) is 0. The van der Waals surface area contributed by atoms with Crippen LogP contribution in [-0.2, 0) is 4.74 Å². The molecule has 1 aliphatic rings. The summed E-state index contributed by atoms with van der Waals surface area (Å²) in [5.41, 5.74) is 0. The summed E-state index contributed by atoms with van der Waals surface area (Å²) in [5.74, 6) is 0. The molecule has 11 heavy (non-hydrogen) atoms. The minimum atomic E-state index is 0.720. The zero-order chi connectivity index (χ0) is 8.10. The van der Waals surface area contributed by atoms with Gasteiger partial charge in [0.25, 0.3) is 0 Å². The third kappa shape index (κ3) is 2.80. The van der Waals surface area contributed by atoms with Gasteiger partial charge < -0.3 is 4.74 Å². The molecule has 1 unspecified atom stereocenters. The molecule has 0 saturated carbocycles. The van der Waals surface area contributed by atoms with Crippen LogP contribution in [0.3, 0.4) is 0 Å². The van der Waals surface area contributed by atoms with E-state index in [1.807, 2.05) is 0 Å². The van der Waals surface area contributed by atoms with Gasteiger partial charge in [0.1, 0.15) is 0 Å². The second-order valence-corrected chi connectivity index (χ2v) is 3.34. The normalized spacial score (nSPS) is 22.4. The molecule has 1 aliphatic heterocycles. The molecule has 0 bridgehead atoms. The van der Waals surface area contributed by atoms with Crippen molar-refractivity contribution >= 4 is 0 Å². The smallest absolute Gasteiger partial charge is 0.0993 e. The number of rotatable bonds is 4. The third-order valence-corrected chi connectivity index (χ3v) is 2.38. The van der Waals surface area contributed by atoms with Crippen molar-refractivity contribution in [2.75, 3.05) is 19.9 Å². The first-order valence-electron chi connectivity index (χ1n) is 4.66. The van der Waals surface area contributed by atoms with Crippen LogP contribution in [-0.4, -0.2) is 30.8 Å². The number of hydrogen-bond donors (Lipinski definition) is 0. The Hall–Kier alpha value is -0.0800. The van der Waals surface area contributed by atoms with Crippen molar-refractivity contribution in [3.63, 3.8) is 0 Å². The summed E-state index contributed by atoms with van der Waals surface area (Å²) in [4.78, 5) is 2.41. The fourth-order valence-electron chi connectivity index (χ4n) is 1.46. The summed E-state index contributed by atoms with van der Waals surface area (Å²) in [6, 6.07) is 0.720. The van der Waals surface area contributed by atoms with Crippen LogP contribution >= 0.6 is 0 Å². The zero-order valence-electron chi connectivity index (χ0n) is 7.68. The lowest BCUT2D eigenvalue weighted by Crippen LogP contribution is -2.30. The topological polar surface area (TPSA) is 12.5 Å². The second kappa shape index (κ2) is 4.73. The lowest BCUT2D eigenvalue weighted by atomic mass is 10.1. The number of ether oxygens (including phenoxy) is 1. The fraction of sp³-hybridized carbons (Fsp3) is 1.00. The van der Waals surface area contributed by atoms with Gasteiger partial charge in [0, 0.05) is 12.6 Å². The number of hydrogen-bond acceptors (Lipinski definition) is 2. The Bertz CT molecular complexity index is 99.7. The monoisotopic (exact) mass is 157 g/mol. The van der Waals surface area contributed by atoms with Crippen LogP contribution in [0.1, 0.15) is 33.1 Å². The fourth-order valence-corrected chi connectivity index (χ4v) is 1.46. The standard InChI is InChI=1S/C9H19NO/c1-3-4-5-9(2)10-6-7-11-8-10/h9H,3-8H2,1-2H3. The van der Waals surface area contributed by atoms with E-state index in [2.05, 4.69) is 18.7 Å². The first-order chi connectivity index (χ1) is 5.34. The maximum atomic E-state index is 5.28. The summed E-state index contributed by atoms with van der Waals surface area (Å²) in [6.45, 7) is 7.45. The summed E-state index contributed by atoms with van der Waals surface area (Å²) in [6.07, 6.45) is 3.97. The van der Waals surface area contributed by atoms with E-state index < -0.39 is 0 Å². The SMILES string of the molecule is CCCCC(C)N1CCOC1. The number of unbranched alkanes of at least 4 members (excludes halogenated alkanes) is 1. The van der Waals surface area contributed by atoms with E-state index in [1.54, 1.807) is 0 Å².